The van der Waals surface area contributed by atoms with Gasteiger partial charge in [0.05, 0.1) is 6.61 Å². The maximum absolute atomic E-state index is 13.1. The third-order valence-corrected chi connectivity index (χ3v) is 2.31. The van der Waals surface area contributed by atoms with Crippen LogP contribution in [0.3, 0.4) is 0 Å². The van der Waals surface area contributed by atoms with E-state index in [-0.39, 0.29) is 12.4 Å². The molecule has 1 aromatic rings. The molecule has 0 amide bonds. The molecule has 0 aromatic heterocycles. The monoisotopic (exact) mass is 220 g/mol. The third kappa shape index (κ3) is 1.78. The highest BCUT2D eigenvalue weighted by Crippen LogP contribution is 2.41. The van der Waals surface area contributed by atoms with Gasteiger partial charge in [-0.25, -0.2) is 4.39 Å². The summed E-state index contributed by atoms with van der Waals surface area (Å²) >= 11 is 0. The van der Waals surface area contributed by atoms with Crippen molar-refractivity contribution in [2.75, 3.05) is 6.61 Å². The van der Waals surface area contributed by atoms with Crippen molar-refractivity contribution in [3.05, 3.63) is 29.1 Å². The Morgan fingerprint density at radius 3 is 2.60 bits per heavy atom. The van der Waals surface area contributed by atoms with E-state index >= 15 is 0 Å². The largest absolute Gasteiger partial charge is 0.493 e. The summed E-state index contributed by atoms with van der Waals surface area (Å²) in [5, 5.41) is 0. The van der Waals surface area contributed by atoms with Crippen molar-refractivity contribution in [3.63, 3.8) is 0 Å². The molecule has 1 heterocycles. The molecule has 0 unspecified atom stereocenters. The number of ether oxygens (including phenoxy) is 1. The fourth-order valence-electron chi connectivity index (χ4n) is 1.66. The molecule has 0 atom stereocenters. The molecule has 0 radical (unpaired) electrons. The first-order chi connectivity index (χ1) is 7.00. The number of halogens is 4. The lowest BCUT2D eigenvalue weighted by atomic mass is 10.0. The molecule has 15 heavy (non-hydrogen) atoms. The fourth-order valence-corrected chi connectivity index (χ4v) is 1.66. The van der Waals surface area contributed by atoms with Gasteiger partial charge < -0.3 is 4.74 Å². The lowest BCUT2D eigenvalue weighted by Crippen LogP contribution is -2.17. The van der Waals surface area contributed by atoms with Gasteiger partial charge in [0, 0.05) is 0 Å². The van der Waals surface area contributed by atoms with Crippen molar-refractivity contribution in [3.8, 4) is 5.75 Å². The number of benzene rings is 1. The Hall–Kier alpha value is -1.26. The summed E-state index contributed by atoms with van der Waals surface area (Å²) in [6, 6.07) is 2.19. The number of hydrogen-bond acceptors (Lipinski definition) is 1. The Morgan fingerprint density at radius 2 is 1.93 bits per heavy atom. The Bertz CT molecular complexity index is 384. The van der Waals surface area contributed by atoms with Gasteiger partial charge in [-0.15, -0.1) is 0 Å². The van der Waals surface area contributed by atoms with Crippen molar-refractivity contribution in [2.45, 2.75) is 19.0 Å². The van der Waals surface area contributed by atoms with Crippen molar-refractivity contribution in [2.24, 2.45) is 0 Å². The molecular formula is C10H8F4O. The molecule has 0 saturated carbocycles. The summed E-state index contributed by atoms with van der Waals surface area (Å²) in [6.07, 6.45) is -3.54. The second kappa shape index (κ2) is 3.40. The van der Waals surface area contributed by atoms with E-state index in [1.165, 1.54) is 6.07 Å². The number of fused-ring (bicyclic) bond motifs is 1. The van der Waals surface area contributed by atoms with Crippen molar-refractivity contribution < 1.29 is 22.3 Å². The molecule has 0 aliphatic carbocycles. The van der Waals surface area contributed by atoms with Gasteiger partial charge in [0.1, 0.15) is 17.1 Å². The van der Waals surface area contributed by atoms with Crippen LogP contribution in [-0.2, 0) is 12.6 Å². The SMILES string of the molecule is Fc1ccc2c(c1C(F)(F)F)OCCC2. The predicted molar refractivity (Wildman–Crippen MR) is 45.2 cm³/mol. The van der Waals surface area contributed by atoms with Gasteiger partial charge >= 0.3 is 6.18 Å². The highest BCUT2D eigenvalue weighted by atomic mass is 19.4. The van der Waals surface area contributed by atoms with Crippen LogP contribution in [0.25, 0.3) is 0 Å². The molecule has 1 aliphatic rings. The Morgan fingerprint density at radius 1 is 1.20 bits per heavy atom. The number of aryl methyl sites for hydroxylation is 1. The van der Waals surface area contributed by atoms with Gasteiger partial charge in [-0.2, -0.15) is 13.2 Å². The molecule has 0 saturated heterocycles. The predicted octanol–water partition coefficient (Wildman–Crippen LogP) is 3.17. The first kappa shape index (κ1) is 10.3. The summed E-state index contributed by atoms with van der Waals surface area (Å²) in [5.74, 6) is -1.61. The molecule has 5 heteroatoms. The van der Waals surface area contributed by atoms with Crippen LogP contribution in [0.1, 0.15) is 17.5 Å². The number of hydrogen-bond donors (Lipinski definition) is 0. The van der Waals surface area contributed by atoms with Gasteiger partial charge in [-0.05, 0) is 24.5 Å². The van der Waals surface area contributed by atoms with E-state index in [0.29, 0.717) is 18.4 Å². The lowest BCUT2D eigenvalue weighted by Gasteiger charge is -2.21. The average Bonchev–Trinajstić information content (AvgIpc) is 2.15. The Balaban J connectivity index is 2.60. The quantitative estimate of drug-likeness (QED) is 0.610. The summed E-state index contributed by atoms with van der Waals surface area (Å²) in [6.45, 7) is 0.208. The maximum Gasteiger partial charge on any atom is 0.422 e. The van der Waals surface area contributed by atoms with E-state index in [9.17, 15) is 17.6 Å². The van der Waals surface area contributed by atoms with Gasteiger partial charge in [-0.3, -0.25) is 0 Å². The molecular weight excluding hydrogens is 212 g/mol. The smallest absolute Gasteiger partial charge is 0.422 e. The minimum absolute atomic E-state index is 0.208. The normalized spacial score (nSPS) is 15.7. The van der Waals surface area contributed by atoms with Crippen molar-refractivity contribution in [1.82, 2.24) is 0 Å². The zero-order chi connectivity index (χ0) is 11.1. The van der Waals surface area contributed by atoms with Crippen molar-refractivity contribution in [1.29, 1.82) is 0 Å². The van der Waals surface area contributed by atoms with E-state index < -0.39 is 17.6 Å². The fraction of sp³-hybridized carbons (Fsp3) is 0.400. The van der Waals surface area contributed by atoms with Crippen LogP contribution >= 0.6 is 0 Å². The first-order valence-corrected chi connectivity index (χ1v) is 4.51. The van der Waals surface area contributed by atoms with Crippen LogP contribution < -0.4 is 4.74 Å². The highest BCUT2D eigenvalue weighted by Gasteiger charge is 2.39. The summed E-state index contributed by atoms with van der Waals surface area (Å²) < 4.78 is 55.5. The standard InChI is InChI=1S/C10H8F4O/c11-7-4-3-6-2-1-5-15-9(6)8(7)10(12,13)14/h3-4H,1-2,5H2. The topological polar surface area (TPSA) is 9.23 Å². The van der Waals surface area contributed by atoms with Crippen LogP contribution in [0.2, 0.25) is 0 Å². The molecule has 1 aromatic carbocycles. The lowest BCUT2D eigenvalue weighted by molar-refractivity contribution is -0.141. The molecule has 0 spiro atoms. The average molecular weight is 220 g/mol. The zero-order valence-corrected chi connectivity index (χ0v) is 7.70. The number of rotatable bonds is 0. The van der Waals surface area contributed by atoms with E-state index in [2.05, 4.69) is 0 Å². The second-order valence-corrected chi connectivity index (χ2v) is 3.36. The highest BCUT2D eigenvalue weighted by molar-refractivity contribution is 5.45. The van der Waals surface area contributed by atoms with Crippen molar-refractivity contribution >= 4 is 0 Å². The molecule has 0 fully saturated rings. The zero-order valence-electron chi connectivity index (χ0n) is 7.70. The van der Waals surface area contributed by atoms with Crippen LogP contribution in [0.15, 0.2) is 12.1 Å². The van der Waals surface area contributed by atoms with Crippen LogP contribution in [0.4, 0.5) is 17.6 Å². The summed E-state index contributed by atoms with van der Waals surface area (Å²) in [4.78, 5) is 0. The van der Waals surface area contributed by atoms with E-state index in [1.54, 1.807) is 0 Å². The molecule has 82 valence electrons. The summed E-state index contributed by atoms with van der Waals surface area (Å²) in [5.41, 5.74) is -0.852. The van der Waals surface area contributed by atoms with E-state index in [1.807, 2.05) is 0 Å². The van der Waals surface area contributed by atoms with E-state index in [4.69, 9.17) is 4.74 Å². The van der Waals surface area contributed by atoms with Crippen LogP contribution in [0, 0.1) is 5.82 Å². The maximum atomic E-state index is 13.1. The minimum Gasteiger partial charge on any atom is -0.493 e. The third-order valence-electron chi connectivity index (χ3n) is 2.31. The molecule has 0 bridgehead atoms. The molecule has 1 aliphatic heterocycles. The molecule has 2 rings (SSSR count). The van der Waals surface area contributed by atoms with Crippen LogP contribution in [0.5, 0.6) is 5.75 Å². The van der Waals surface area contributed by atoms with E-state index in [0.717, 1.165) is 6.07 Å². The molecule has 0 N–H and O–H groups in total. The van der Waals surface area contributed by atoms with Gasteiger partial charge in [0.2, 0.25) is 0 Å². The minimum atomic E-state index is -4.70. The second-order valence-electron chi connectivity index (χ2n) is 3.36. The van der Waals surface area contributed by atoms with Gasteiger partial charge in [0.25, 0.3) is 0 Å². The van der Waals surface area contributed by atoms with Gasteiger partial charge in [0.15, 0.2) is 0 Å². The van der Waals surface area contributed by atoms with Crippen LogP contribution in [-0.4, -0.2) is 6.61 Å². The Labute approximate surface area is 83.7 Å². The first-order valence-electron chi connectivity index (χ1n) is 4.51. The summed E-state index contributed by atoms with van der Waals surface area (Å²) in [7, 11) is 0. The molecule has 1 nitrogen and oxygen atoms in total. The number of alkyl halides is 3. The van der Waals surface area contributed by atoms with Gasteiger partial charge in [-0.1, -0.05) is 6.07 Å². The Kier molecular flexibility index (Phi) is 2.32.